The number of hydrogen-bond acceptors (Lipinski definition) is 4. The summed E-state index contributed by atoms with van der Waals surface area (Å²) in [6, 6.07) is 13.3. The lowest BCUT2D eigenvalue weighted by molar-refractivity contribution is 0.0997. The van der Waals surface area contributed by atoms with Gasteiger partial charge in [0.25, 0.3) is 5.91 Å². The minimum absolute atomic E-state index is 0.284. The number of aromatic nitrogens is 1. The molecule has 3 aromatic rings. The molecule has 0 radical (unpaired) electrons. The van der Waals surface area contributed by atoms with Crippen molar-refractivity contribution in [2.24, 2.45) is 4.99 Å². The number of thiazole rings is 1. The summed E-state index contributed by atoms with van der Waals surface area (Å²) in [5, 5.41) is 0. The second-order valence-corrected chi connectivity index (χ2v) is 6.66. The molecular formula is C19H20N2O3S. The summed E-state index contributed by atoms with van der Waals surface area (Å²) < 4.78 is 13.5. The first-order chi connectivity index (χ1) is 12.1. The van der Waals surface area contributed by atoms with Crippen LogP contribution in [0.15, 0.2) is 47.5 Å². The highest BCUT2D eigenvalue weighted by Crippen LogP contribution is 2.19. The van der Waals surface area contributed by atoms with Gasteiger partial charge in [0.15, 0.2) is 4.80 Å². The topological polar surface area (TPSA) is 52.8 Å². The second-order valence-electron chi connectivity index (χ2n) is 5.65. The van der Waals surface area contributed by atoms with Crippen molar-refractivity contribution in [3.05, 3.63) is 58.4 Å². The lowest BCUT2D eigenvalue weighted by Crippen LogP contribution is -2.19. The van der Waals surface area contributed by atoms with Crippen molar-refractivity contribution < 1.29 is 14.3 Å². The molecule has 0 saturated heterocycles. The molecule has 1 amide bonds. The molecule has 0 atom stereocenters. The van der Waals surface area contributed by atoms with Gasteiger partial charge in [-0.15, -0.1) is 0 Å². The Balaban J connectivity index is 2.08. The highest BCUT2D eigenvalue weighted by Gasteiger charge is 2.10. The minimum atomic E-state index is -0.284. The molecule has 0 aliphatic carbocycles. The van der Waals surface area contributed by atoms with Crippen molar-refractivity contribution in [2.45, 2.75) is 13.5 Å². The predicted octanol–water partition coefficient (Wildman–Crippen LogP) is 3.41. The number of carbonyl (C=O) groups excluding carboxylic acids is 1. The molecule has 6 heteroatoms. The largest absolute Gasteiger partial charge is 0.497 e. The Morgan fingerprint density at radius 2 is 2.04 bits per heavy atom. The van der Waals surface area contributed by atoms with Crippen LogP contribution in [-0.4, -0.2) is 31.3 Å². The van der Waals surface area contributed by atoms with E-state index >= 15 is 0 Å². The van der Waals surface area contributed by atoms with Crippen molar-refractivity contribution in [1.82, 2.24) is 4.57 Å². The molecule has 0 aliphatic heterocycles. The Kier molecular flexibility index (Phi) is 5.31. The van der Waals surface area contributed by atoms with Crippen LogP contribution in [0.4, 0.5) is 0 Å². The molecule has 1 heterocycles. The van der Waals surface area contributed by atoms with Crippen molar-refractivity contribution >= 4 is 27.5 Å². The molecule has 25 heavy (non-hydrogen) atoms. The van der Waals surface area contributed by atoms with Crippen LogP contribution in [-0.2, 0) is 11.3 Å². The van der Waals surface area contributed by atoms with Gasteiger partial charge in [-0.25, -0.2) is 0 Å². The Bertz CT molecular complexity index is 972. The number of rotatable bonds is 5. The van der Waals surface area contributed by atoms with E-state index in [1.807, 2.05) is 4.57 Å². The van der Waals surface area contributed by atoms with Crippen LogP contribution in [0.3, 0.4) is 0 Å². The van der Waals surface area contributed by atoms with E-state index in [0.29, 0.717) is 29.3 Å². The van der Waals surface area contributed by atoms with Gasteiger partial charge in [0.1, 0.15) is 5.75 Å². The molecule has 0 saturated carbocycles. The van der Waals surface area contributed by atoms with E-state index in [1.54, 1.807) is 38.5 Å². The Hall–Kier alpha value is -2.44. The van der Waals surface area contributed by atoms with Crippen molar-refractivity contribution in [2.75, 3.05) is 20.8 Å². The van der Waals surface area contributed by atoms with E-state index in [0.717, 1.165) is 10.2 Å². The Morgan fingerprint density at radius 3 is 2.80 bits per heavy atom. The molecule has 2 aromatic carbocycles. The van der Waals surface area contributed by atoms with Crippen molar-refractivity contribution in [3.8, 4) is 5.75 Å². The third kappa shape index (κ3) is 3.81. The van der Waals surface area contributed by atoms with E-state index in [4.69, 9.17) is 9.47 Å². The second kappa shape index (κ2) is 7.63. The standard InChI is InChI=1S/C19H20N2O3S/c1-13-7-8-16-17(11-13)25-19(21(16)9-10-23-2)20-18(22)14-5-4-6-15(12-14)24-3/h4-8,11-12H,9-10H2,1-3H3. The lowest BCUT2D eigenvalue weighted by Gasteiger charge is -2.04. The van der Waals surface area contributed by atoms with E-state index < -0.39 is 0 Å². The molecule has 3 rings (SSSR count). The maximum Gasteiger partial charge on any atom is 0.279 e. The van der Waals surface area contributed by atoms with E-state index in [9.17, 15) is 4.79 Å². The molecule has 0 bridgehead atoms. The zero-order chi connectivity index (χ0) is 17.8. The zero-order valence-electron chi connectivity index (χ0n) is 14.5. The number of carbonyl (C=O) groups is 1. The van der Waals surface area contributed by atoms with Gasteiger partial charge in [-0.1, -0.05) is 23.5 Å². The highest BCUT2D eigenvalue weighted by atomic mass is 32.1. The van der Waals surface area contributed by atoms with Crippen molar-refractivity contribution in [1.29, 1.82) is 0 Å². The number of ether oxygens (including phenoxy) is 2. The van der Waals surface area contributed by atoms with E-state index in [1.165, 1.54) is 16.9 Å². The van der Waals surface area contributed by atoms with Gasteiger partial charge in [0.2, 0.25) is 0 Å². The number of fused-ring (bicyclic) bond motifs is 1. The van der Waals surface area contributed by atoms with Gasteiger partial charge in [0, 0.05) is 19.2 Å². The van der Waals surface area contributed by atoms with Gasteiger partial charge in [-0.3, -0.25) is 4.79 Å². The molecule has 0 fully saturated rings. The van der Waals surface area contributed by atoms with Crippen LogP contribution in [0.5, 0.6) is 5.75 Å². The molecule has 0 unspecified atom stereocenters. The van der Waals surface area contributed by atoms with Gasteiger partial charge in [0.05, 0.1) is 23.9 Å². The van der Waals surface area contributed by atoms with Crippen LogP contribution in [0.25, 0.3) is 10.2 Å². The predicted molar refractivity (Wildman–Crippen MR) is 99.3 cm³/mol. The molecule has 0 aliphatic rings. The van der Waals surface area contributed by atoms with Gasteiger partial charge < -0.3 is 14.0 Å². The van der Waals surface area contributed by atoms with Gasteiger partial charge in [-0.05, 0) is 42.8 Å². The average Bonchev–Trinajstić information content (AvgIpc) is 2.95. The quantitative estimate of drug-likeness (QED) is 0.704. The van der Waals surface area contributed by atoms with Gasteiger partial charge >= 0.3 is 0 Å². The summed E-state index contributed by atoms with van der Waals surface area (Å²) in [4.78, 5) is 17.6. The summed E-state index contributed by atoms with van der Waals surface area (Å²) in [6.07, 6.45) is 0. The number of amides is 1. The summed E-state index contributed by atoms with van der Waals surface area (Å²) in [7, 11) is 3.24. The van der Waals surface area contributed by atoms with Gasteiger partial charge in [-0.2, -0.15) is 4.99 Å². The number of aryl methyl sites for hydroxylation is 1. The Labute approximate surface area is 150 Å². The third-order valence-electron chi connectivity index (χ3n) is 3.87. The highest BCUT2D eigenvalue weighted by molar-refractivity contribution is 7.16. The average molecular weight is 356 g/mol. The fraction of sp³-hybridized carbons (Fsp3) is 0.263. The SMILES string of the molecule is COCCn1c(=NC(=O)c2cccc(OC)c2)sc2cc(C)ccc21. The first kappa shape index (κ1) is 17.4. The fourth-order valence-corrected chi connectivity index (χ4v) is 3.72. The first-order valence-electron chi connectivity index (χ1n) is 7.94. The summed E-state index contributed by atoms with van der Waals surface area (Å²) in [5.41, 5.74) is 2.74. The maximum atomic E-state index is 12.6. The molecule has 5 nitrogen and oxygen atoms in total. The first-order valence-corrected chi connectivity index (χ1v) is 8.76. The van der Waals surface area contributed by atoms with E-state index in [2.05, 4.69) is 30.1 Å². The number of methoxy groups -OCH3 is 2. The molecule has 0 N–H and O–H groups in total. The molecule has 0 spiro atoms. The van der Waals surface area contributed by atoms with Crippen LogP contribution >= 0.6 is 11.3 Å². The van der Waals surface area contributed by atoms with Crippen molar-refractivity contribution in [3.63, 3.8) is 0 Å². The molecule has 130 valence electrons. The third-order valence-corrected chi connectivity index (χ3v) is 4.91. The summed E-state index contributed by atoms with van der Waals surface area (Å²) in [5.74, 6) is 0.355. The number of benzene rings is 2. The lowest BCUT2D eigenvalue weighted by atomic mass is 10.2. The molecular weight excluding hydrogens is 336 g/mol. The van der Waals surface area contributed by atoms with Crippen LogP contribution in [0.2, 0.25) is 0 Å². The zero-order valence-corrected chi connectivity index (χ0v) is 15.3. The van der Waals surface area contributed by atoms with Crippen LogP contribution < -0.4 is 9.54 Å². The number of nitrogens with zero attached hydrogens (tertiary/aromatic N) is 2. The smallest absolute Gasteiger partial charge is 0.279 e. The van der Waals surface area contributed by atoms with E-state index in [-0.39, 0.29) is 5.91 Å². The summed E-state index contributed by atoms with van der Waals surface area (Å²) in [6.45, 7) is 3.25. The Morgan fingerprint density at radius 1 is 1.20 bits per heavy atom. The molecule has 1 aromatic heterocycles. The minimum Gasteiger partial charge on any atom is -0.497 e. The maximum absolute atomic E-state index is 12.6. The summed E-state index contributed by atoms with van der Waals surface area (Å²) >= 11 is 1.51. The van der Waals surface area contributed by atoms with Crippen LogP contribution in [0.1, 0.15) is 15.9 Å². The normalized spacial score (nSPS) is 11.9. The monoisotopic (exact) mass is 356 g/mol. The number of hydrogen-bond donors (Lipinski definition) is 0. The van der Waals surface area contributed by atoms with Crippen LogP contribution in [0, 0.1) is 6.92 Å². The fourth-order valence-electron chi connectivity index (χ4n) is 2.57.